The number of carboxylic acids is 1. The number of anilines is 2. The first-order valence-corrected chi connectivity index (χ1v) is 21.2. The number of halogens is 4. The molecule has 0 spiro atoms. The molecule has 0 unspecified atom stereocenters. The van der Waals surface area contributed by atoms with E-state index in [4.69, 9.17) is 37.4 Å². The molecule has 10 nitrogen and oxygen atoms in total. The number of carbonyl (C=O) groups is 2. The van der Waals surface area contributed by atoms with E-state index >= 15 is 8.78 Å². The molecule has 14 heteroatoms. The highest BCUT2D eigenvalue weighted by molar-refractivity contribution is 6.31. The van der Waals surface area contributed by atoms with Gasteiger partial charge in [-0.05, 0) is 108 Å². The van der Waals surface area contributed by atoms with E-state index in [1.165, 1.54) is 21.3 Å². The number of hydrogen-bond acceptors (Lipinski definition) is 9. The topological polar surface area (TPSA) is 114 Å². The van der Waals surface area contributed by atoms with Gasteiger partial charge in [0.15, 0.2) is 0 Å². The molecule has 1 N–H and O–H groups in total. The van der Waals surface area contributed by atoms with Crippen molar-refractivity contribution in [1.82, 2.24) is 9.97 Å². The van der Waals surface area contributed by atoms with Crippen molar-refractivity contribution < 1.29 is 37.7 Å². The van der Waals surface area contributed by atoms with Crippen molar-refractivity contribution >= 4 is 46.8 Å². The number of rotatable bonds is 12. The van der Waals surface area contributed by atoms with Crippen molar-refractivity contribution in [2.75, 3.05) is 44.2 Å². The molecule has 2 aliphatic heterocycles. The molecule has 342 valence electrons. The number of benzene rings is 4. The highest BCUT2D eigenvalue weighted by Crippen LogP contribution is 2.38. The number of carbonyl (C=O) groups excluding carboxylic acids is 1. The van der Waals surface area contributed by atoms with Gasteiger partial charge < -0.3 is 44.0 Å². The zero-order valence-electron chi connectivity index (χ0n) is 37.0. The fraction of sp³-hybridized carbons (Fsp3) is 0.255. The van der Waals surface area contributed by atoms with Gasteiger partial charge in [0.2, 0.25) is 0 Å². The highest BCUT2D eigenvalue weighted by atomic mass is 35.5. The maximum absolute atomic E-state index is 15.5. The molecule has 0 amide bonds. The fourth-order valence-corrected chi connectivity index (χ4v) is 8.56. The van der Waals surface area contributed by atoms with E-state index in [0.29, 0.717) is 86.6 Å². The minimum atomic E-state index is -0.836. The Morgan fingerprint density at radius 1 is 0.662 bits per heavy atom. The lowest BCUT2D eigenvalue weighted by Crippen LogP contribution is -2.37. The highest BCUT2D eigenvalue weighted by Gasteiger charge is 2.33. The third kappa shape index (κ3) is 11.4. The summed E-state index contributed by atoms with van der Waals surface area (Å²) >= 11 is 12.2. The van der Waals surface area contributed by atoms with E-state index in [2.05, 4.69) is 9.97 Å². The Labute approximate surface area is 389 Å². The Morgan fingerprint density at radius 2 is 1.11 bits per heavy atom. The number of carboxylic acid groups (broad SMARTS) is 1. The maximum Gasteiger partial charge on any atom is 0.328 e. The molecule has 4 heterocycles. The summed E-state index contributed by atoms with van der Waals surface area (Å²) in [5, 5.41) is 10.4. The molecule has 2 fully saturated rings. The van der Waals surface area contributed by atoms with Gasteiger partial charge >= 0.3 is 11.9 Å². The van der Waals surface area contributed by atoms with Gasteiger partial charge in [0.05, 0.1) is 32.5 Å². The van der Waals surface area contributed by atoms with E-state index in [0.717, 1.165) is 42.8 Å². The van der Waals surface area contributed by atoms with Crippen LogP contribution in [0.2, 0.25) is 10.0 Å². The number of aromatic nitrogens is 2. The lowest BCUT2D eigenvalue weighted by molar-refractivity contribution is -0.142. The van der Waals surface area contributed by atoms with Crippen LogP contribution in [0.3, 0.4) is 0 Å². The molecule has 0 radical (unpaired) electrons. The number of nitrogens with zero attached hydrogens (tertiary/aromatic N) is 4. The molecular formula is C51H52Cl2F2N4O6-2. The van der Waals surface area contributed by atoms with E-state index in [1.807, 2.05) is 23.1 Å². The van der Waals surface area contributed by atoms with Crippen molar-refractivity contribution in [1.29, 1.82) is 0 Å². The number of pyridine rings is 2. The Morgan fingerprint density at radius 3 is 1.49 bits per heavy atom. The molecule has 6 aromatic rings. The van der Waals surface area contributed by atoms with E-state index < -0.39 is 12.0 Å². The molecular weight excluding hydrogens is 873 g/mol. The van der Waals surface area contributed by atoms with Gasteiger partial charge in [0.1, 0.15) is 46.9 Å². The minimum Gasteiger partial charge on any atom is -0.496 e. The fourth-order valence-electron chi connectivity index (χ4n) is 8.18. The summed E-state index contributed by atoms with van der Waals surface area (Å²) in [5.74, 6) is 0.437. The van der Waals surface area contributed by atoms with Gasteiger partial charge in [-0.25, -0.2) is 28.3 Å². The molecule has 2 atom stereocenters. The predicted molar refractivity (Wildman–Crippen MR) is 254 cm³/mol. The third-order valence-corrected chi connectivity index (χ3v) is 11.8. The monoisotopic (exact) mass is 924 g/mol. The number of hydrogen-bond donors (Lipinski definition) is 1. The lowest BCUT2D eigenvalue weighted by atomic mass is 9.97. The average molecular weight is 926 g/mol. The summed E-state index contributed by atoms with van der Waals surface area (Å²) in [6, 6.07) is 27.6. The normalized spacial score (nSPS) is 15.2. The summed E-state index contributed by atoms with van der Waals surface area (Å²) in [7, 11) is 4.43. The van der Waals surface area contributed by atoms with Crippen molar-refractivity contribution in [3.8, 4) is 33.8 Å². The molecule has 8 rings (SSSR count). The van der Waals surface area contributed by atoms with Gasteiger partial charge in [-0.1, -0.05) is 71.7 Å². The van der Waals surface area contributed by atoms with Crippen molar-refractivity contribution in [2.24, 2.45) is 0 Å². The second kappa shape index (κ2) is 22.6. The first-order valence-electron chi connectivity index (χ1n) is 20.5. The van der Waals surface area contributed by atoms with Crippen LogP contribution >= 0.6 is 23.2 Å². The second-order valence-electron chi connectivity index (χ2n) is 15.2. The number of esters is 1. The standard InChI is InChI=1S/C25H24ClFN2O3.C24H22ClFN2O3.2CH3/c1-31-21-10-9-18(24(27)23(21)17-5-3-6-19(26)14-17)13-16-8-11-22(28-15-16)29-12-4-7-20(29)25(30)32-2;1-31-20-9-8-17(23(26)22(20)16-4-2-5-18(25)13-16)12-15-7-10-21(27-14-15)28-11-3-6-19(28)24(29)30;;/h3,5-6,8-11,14-15,20H,4,7,12-13H2,1-2H3;2,4-5,7-10,13-14,19H,3,6,11-12H2,1H3,(H,29,30);2*1H3/q;;2*-1/t20-;19-;;/m00../s1. The van der Waals surface area contributed by atoms with Gasteiger partial charge in [-0.2, -0.15) is 0 Å². The van der Waals surface area contributed by atoms with Crippen LogP contribution in [-0.4, -0.2) is 73.5 Å². The van der Waals surface area contributed by atoms with E-state index in [1.54, 1.807) is 96.2 Å². The van der Waals surface area contributed by atoms with Crippen LogP contribution in [-0.2, 0) is 27.2 Å². The summed E-state index contributed by atoms with van der Waals surface area (Å²) in [6.45, 7) is 1.42. The van der Waals surface area contributed by atoms with Crippen molar-refractivity contribution in [3.05, 3.63) is 168 Å². The molecule has 2 aliphatic rings. The third-order valence-electron chi connectivity index (χ3n) is 11.3. The van der Waals surface area contributed by atoms with Crippen LogP contribution in [0.1, 0.15) is 47.9 Å². The SMILES string of the molecule is COC(=O)[C@@H]1CCCN1c1ccc(Cc2ccc(OC)c(-c3cccc(Cl)c3)c2F)cn1.COc1ccc(Cc2ccc(N3CCC[C@H]3C(=O)O)nc2)c(F)c1-c1cccc(Cl)c1.[CH3-].[CH3-]. The van der Waals surface area contributed by atoms with Gasteiger partial charge in [0, 0.05) is 48.4 Å². The van der Waals surface area contributed by atoms with Crippen molar-refractivity contribution in [3.63, 3.8) is 0 Å². The first-order chi connectivity index (χ1) is 30.5. The molecule has 2 aromatic heterocycles. The van der Waals surface area contributed by atoms with E-state index in [-0.39, 0.29) is 38.5 Å². The van der Waals surface area contributed by atoms with Gasteiger partial charge in [0.25, 0.3) is 0 Å². The number of aliphatic carboxylic acids is 1. The largest absolute Gasteiger partial charge is 0.496 e. The predicted octanol–water partition coefficient (Wildman–Crippen LogP) is 11.4. The first kappa shape index (κ1) is 49.8. The summed E-state index contributed by atoms with van der Waals surface area (Å²) in [5.41, 5.74) is 4.79. The lowest BCUT2D eigenvalue weighted by Gasteiger charge is -2.23. The quantitative estimate of drug-likeness (QED) is 0.0940. The Bertz CT molecular complexity index is 2580. The Balaban J connectivity index is 0.000000237. The second-order valence-corrected chi connectivity index (χ2v) is 16.1. The number of methoxy groups -OCH3 is 3. The minimum absolute atomic E-state index is 0. The van der Waals surface area contributed by atoms with Crippen LogP contribution in [0, 0.1) is 26.5 Å². The maximum atomic E-state index is 15.5. The zero-order valence-corrected chi connectivity index (χ0v) is 38.5. The van der Waals surface area contributed by atoms with Crippen LogP contribution in [0.5, 0.6) is 11.5 Å². The van der Waals surface area contributed by atoms with Gasteiger partial charge in [-0.15, -0.1) is 0 Å². The molecule has 0 aliphatic carbocycles. The van der Waals surface area contributed by atoms with E-state index in [9.17, 15) is 14.7 Å². The van der Waals surface area contributed by atoms with Gasteiger partial charge in [-0.3, -0.25) is 0 Å². The zero-order chi connectivity index (χ0) is 44.6. The summed E-state index contributed by atoms with van der Waals surface area (Å²) < 4.78 is 46.7. The van der Waals surface area contributed by atoms with Crippen LogP contribution in [0.15, 0.2) is 109 Å². The Hall–Kier alpha value is -6.24. The summed E-state index contributed by atoms with van der Waals surface area (Å²) in [6.07, 6.45) is 7.22. The van der Waals surface area contributed by atoms with Crippen LogP contribution < -0.4 is 19.3 Å². The molecule has 0 saturated carbocycles. The molecule has 4 aromatic carbocycles. The smallest absolute Gasteiger partial charge is 0.328 e. The van der Waals surface area contributed by atoms with Crippen molar-refractivity contribution in [2.45, 2.75) is 50.6 Å². The van der Waals surface area contributed by atoms with Crippen LogP contribution in [0.25, 0.3) is 22.3 Å². The molecule has 0 bridgehead atoms. The Kier molecular flexibility index (Phi) is 17.3. The molecule has 65 heavy (non-hydrogen) atoms. The summed E-state index contributed by atoms with van der Waals surface area (Å²) in [4.78, 5) is 36.2. The average Bonchev–Trinajstić information content (AvgIpc) is 4.00. The van der Waals surface area contributed by atoms with Crippen LogP contribution in [0.4, 0.5) is 20.4 Å². The molecule has 2 saturated heterocycles. The number of ether oxygens (including phenoxy) is 3.